The van der Waals surface area contributed by atoms with Crippen LogP contribution in [0.3, 0.4) is 0 Å². The predicted molar refractivity (Wildman–Crippen MR) is 51.9 cm³/mol. The zero-order valence-electron chi connectivity index (χ0n) is 8.11. The largest absolute Gasteiger partial charge is 0.465 e. The molecule has 0 N–H and O–H groups in total. The molecule has 1 aromatic rings. The van der Waals surface area contributed by atoms with Crippen molar-refractivity contribution in [1.29, 1.82) is 0 Å². The smallest absolute Gasteiger partial charge is 0.357 e. The van der Waals surface area contributed by atoms with E-state index in [4.69, 9.17) is 11.6 Å². The van der Waals surface area contributed by atoms with Crippen LogP contribution in [-0.2, 0) is 9.47 Å². The summed E-state index contributed by atoms with van der Waals surface area (Å²) in [4.78, 5) is 26.2. The first-order valence-electron chi connectivity index (χ1n) is 3.92. The Balaban J connectivity index is 3.26. The zero-order chi connectivity index (χ0) is 11.4. The van der Waals surface area contributed by atoms with E-state index in [1.54, 1.807) is 0 Å². The number of ether oxygens (including phenoxy) is 2. The molecule has 0 bridgehead atoms. The maximum absolute atomic E-state index is 11.3. The Morgan fingerprint density at radius 1 is 1.27 bits per heavy atom. The highest BCUT2D eigenvalue weighted by Crippen LogP contribution is 2.15. The SMILES string of the molecule is COC(=O)c1cc(Cl)cnc1C(=O)OC. The second-order valence-corrected chi connectivity index (χ2v) is 2.97. The normalized spacial score (nSPS) is 9.53. The summed E-state index contributed by atoms with van der Waals surface area (Å²) < 4.78 is 8.94. The number of esters is 2. The Labute approximate surface area is 91.0 Å². The molecule has 6 heteroatoms. The summed E-state index contributed by atoms with van der Waals surface area (Å²) in [6, 6.07) is 1.30. The van der Waals surface area contributed by atoms with Crippen molar-refractivity contribution in [3.63, 3.8) is 0 Å². The molecular weight excluding hydrogens is 222 g/mol. The standard InChI is InChI=1S/C9H8ClNO4/c1-14-8(12)6-3-5(10)4-11-7(6)9(13)15-2/h3-4H,1-2H3. The Hall–Kier alpha value is -1.62. The molecule has 1 heterocycles. The van der Waals surface area contributed by atoms with E-state index in [0.717, 1.165) is 0 Å². The van der Waals surface area contributed by atoms with E-state index in [9.17, 15) is 9.59 Å². The first kappa shape index (κ1) is 11.5. The molecule has 1 rings (SSSR count). The number of hydrogen-bond acceptors (Lipinski definition) is 5. The minimum absolute atomic E-state index is 0.0168. The number of rotatable bonds is 2. The number of carbonyl (C=O) groups is 2. The third-order valence-corrected chi connectivity index (χ3v) is 1.85. The van der Waals surface area contributed by atoms with Gasteiger partial charge in [0.25, 0.3) is 0 Å². The number of aromatic nitrogens is 1. The number of hydrogen-bond donors (Lipinski definition) is 0. The van der Waals surface area contributed by atoms with E-state index in [1.165, 1.54) is 26.5 Å². The van der Waals surface area contributed by atoms with Crippen molar-refractivity contribution in [3.05, 3.63) is 28.5 Å². The van der Waals surface area contributed by atoms with Gasteiger partial charge in [0.1, 0.15) is 0 Å². The fourth-order valence-electron chi connectivity index (χ4n) is 0.964. The van der Waals surface area contributed by atoms with Crippen LogP contribution < -0.4 is 0 Å². The summed E-state index contributed by atoms with van der Waals surface area (Å²) >= 11 is 5.64. The summed E-state index contributed by atoms with van der Waals surface area (Å²) in [7, 11) is 2.39. The highest BCUT2D eigenvalue weighted by molar-refractivity contribution is 6.31. The zero-order valence-corrected chi connectivity index (χ0v) is 8.87. The van der Waals surface area contributed by atoms with E-state index in [-0.39, 0.29) is 16.3 Å². The van der Waals surface area contributed by atoms with Gasteiger partial charge >= 0.3 is 11.9 Å². The van der Waals surface area contributed by atoms with Gasteiger partial charge in [-0.25, -0.2) is 14.6 Å². The van der Waals surface area contributed by atoms with Crippen LogP contribution in [-0.4, -0.2) is 31.1 Å². The van der Waals surface area contributed by atoms with Gasteiger partial charge in [0.2, 0.25) is 0 Å². The molecule has 5 nitrogen and oxygen atoms in total. The lowest BCUT2D eigenvalue weighted by Gasteiger charge is -2.04. The molecule has 0 aromatic carbocycles. The average Bonchev–Trinajstić information content (AvgIpc) is 2.26. The second-order valence-electron chi connectivity index (χ2n) is 2.53. The minimum Gasteiger partial charge on any atom is -0.465 e. The lowest BCUT2D eigenvalue weighted by atomic mass is 10.2. The van der Waals surface area contributed by atoms with Crippen LogP contribution in [0.5, 0.6) is 0 Å². The maximum Gasteiger partial charge on any atom is 0.357 e. The van der Waals surface area contributed by atoms with E-state index in [1.807, 2.05) is 0 Å². The van der Waals surface area contributed by atoms with Crippen LogP contribution in [0.15, 0.2) is 12.3 Å². The minimum atomic E-state index is -0.716. The molecule has 0 saturated heterocycles. The molecule has 0 aliphatic rings. The molecule has 0 amide bonds. The van der Waals surface area contributed by atoms with Crippen LogP contribution in [0.4, 0.5) is 0 Å². The summed E-state index contributed by atoms with van der Waals surface area (Å²) in [6.07, 6.45) is 1.25. The van der Waals surface area contributed by atoms with Gasteiger partial charge in [0.05, 0.1) is 24.8 Å². The number of pyridine rings is 1. The lowest BCUT2D eigenvalue weighted by molar-refractivity contribution is 0.0550. The van der Waals surface area contributed by atoms with Crippen molar-refractivity contribution < 1.29 is 19.1 Å². The highest BCUT2D eigenvalue weighted by Gasteiger charge is 2.20. The van der Waals surface area contributed by atoms with Crippen molar-refractivity contribution in [2.24, 2.45) is 0 Å². The Bertz CT molecular complexity index is 405. The van der Waals surface area contributed by atoms with Gasteiger partial charge in [-0.1, -0.05) is 11.6 Å². The third-order valence-electron chi connectivity index (χ3n) is 1.64. The number of halogens is 1. The topological polar surface area (TPSA) is 65.5 Å². The fourth-order valence-corrected chi connectivity index (χ4v) is 1.12. The second kappa shape index (κ2) is 4.75. The molecule has 0 radical (unpaired) electrons. The predicted octanol–water partition coefficient (Wildman–Crippen LogP) is 1.31. The van der Waals surface area contributed by atoms with Crippen LogP contribution in [0.25, 0.3) is 0 Å². The van der Waals surface area contributed by atoms with Gasteiger partial charge in [0, 0.05) is 6.20 Å². The van der Waals surface area contributed by atoms with Gasteiger partial charge < -0.3 is 9.47 Å². The summed E-state index contributed by atoms with van der Waals surface area (Å²) in [5.74, 6) is -1.41. The van der Waals surface area contributed by atoms with Crippen molar-refractivity contribution >= 4 is 23.5 Å². The van der Waals surface area contributed by atoms with Crippen molar-refractivity contribution in [1.82, 2.24) is 4.98 Å². The molecule has 0 saturated carbocycles. The van der Waals surface area contributed by atoms with Crippen LogP contribution in [0.2, 0.25) is 5.02 Å². The van der Waals surface area contributed by atoms with Gasteiger partial charge in [-0.3, -0.25) is 0 Å². The molecule has 0 unspecified atom stereocenters. The first-order chi connectivity index (χ1) is 7.10. The van der Waals surface area contributed by atoms with Gasteiger partial charge in [-0.15, -0.1) is 0 Å². The summed E-state index contributed by atoms with van der Waals surface area (Å²) in [6.45, 7) is 0. The highest BCUT2D eigenvalue weighted by atomic mass is 35.5. The van der Waals surface area contributed by atoms with Crippen LogP contribution >= 0.6 is 11.6 Å². The first-order valence-corrected chi connectivity index (χ1v) is 4.30. The molecule has 0 aliphatic heterocycles. The summed E-state index contributed by atoms with van der Waals surface area (Å²) in [5, 5.41) is 0.239. The molecule has 0 fully saturated rings. The molecule has 0 atom stereocenters. The Morgan fingerprint density at radius 2 is 1.87 bits per heavy atom. The Morgan fingerprint density at radius 3 is 2.40 bits per heavy atom. The van der Waals surface area contributed by atoms with Crippen molar-refractivity contribution in [3.8, 4) is 0 Å². The number of methoxy groups -OCH3 is 2. The Kier molecular flexibility index (Phi) is 3.62. The number of nitrogens with zero attached hydrogens (tertiary/aromatic N) is 1. The van der Waals surface area contributed by atoms with Gasteiger partial charge in [-0.2, -0.15) is 0 Å². The quantitative estimate of drug-likeness (QED) is 0.716. The van der Waals surface area contributed by atoms with Gasteiger partial charge in [0.15, 0.2) is 5.69 Å². The van der Waals surface area contributed by atoms with Crippen LogP contribution in [0, 0.1) is 0 Å². The van der Waals surface area contributed by atoms with E-state index < -0.39 is 11.9 Å². The molecule has 80 valence electrons. The molecule has 0 spiro atoms. The number of carbonyl (C=O) groups excluding carboxylic acids is 2. The van der Waals surface area contributed by atoms with E-state index in [2.05, 4.69) is 14.5 Å². The molecule has 15 heavy (non-hydrogen) atoms. The molecular formula is C9H8ClNO4. The maximum atomic E-state index is 11.3. The molecule has 1 aromatic heterocycles. The monoisotopic (exact) mass is 229 g/mol. The van der Waals surface area contributed by atoms with Crippen LogP contribution in [0.1, 0.15) is 20.8 Å². The summed E-state index contributed by atoms with van der Waals surface area (Å²) in [5.41, 5.74) is -0.134. The third kappa shape index (κ3) is 2.44. The van der Waals surface area contributed by atoms with E-state index >= 15 is 0 Å². The fraction of sp³-hybridized carbons (Fsp3) is 0.222. The van der Waals surface area contributed by atoms with Crippen molar-refractivity contribution in [2.75, 3.05) is 14.2 Å². The van der Waals surface area contributed by atoms with Gasteiger partial charge in [-0.05, 0) is 6.07 Å². The molecule has 0 aliphatic carbocycles. The van der Waals surface area contributed by atoms with E-state index in [0.29, 0.717) is 0 Å². The lowest BCUT2D eigenvalue weighted by Crippen LogP contribution is -2.13. The van der Waals surface area contributed by atoms with Crippen molar-refractivity contribution in [2.45, 2.75) is 0 Å². The average molecular weight is 230 g/mol.